The fourth-order valence-corrected chi connectivity index (χ4v) is 4.28. The summed E-state index contributed by atoms with van der Waals surface area (Å²) in [5.41, 5.74) is 1.12. The fourth-order valence-electron chi connectivity index (χ4n) is 2.81. The van der Waals surface area contributed by atoms with Gasteiger partial charge in [-0.05, 0) is 48.4 Å². The van der Waals surface area contributed by atoms with Crippen LogP contribution in [0.5, 0.6) is 0 Å². The van der Waals surface area contributed by atoms with Gasteiger partial charge in [-0.25, -0.2) is 8.42 Å². The highest BCUT2D eigenvalue weighted by atomic mass is 79.9. The molecule has 0 aliphatic heterocycles. The van der Waals surface area contributed by atoms with Crippen LogP contribution in [0.4, 0.5) is 0 Å². The van der Waals surface area contributed by atoms with E-state index in [1.54, 1.807) is 24.3 Å². The fraction of sp³-hybridized carbons (Fsp3) is 0.190. The molecule has 0 radical (unpaired) electrons. The summed E-state index contributed by atoms with van der Waals surface area (Å²) in [6.07, 6.45) is 2.07. The van der Waals surface area contributed by atoms with Gasteiger partial charge in [0.15, 0.2) is 0 Å². The van der Waals surface area contributed by atoms with Gasteiger partial charge in [0.2, 0.25) is 15.9 Å². The van der Waals surface area contributed by atoms with Crippen LogP contribution >= 0.6 is 15.9 Å². The van der Waals surface area contributed by atoms with E-state index >= 15 is 0 Å². The summed E-state index contributed by atoms with van der Waals surface area (Å²) >= 11 is 3.28. The maximum absolute atomic E-state index is 12.7. The van der Waals surface area contributed by atoms with E-state index in [0.29, 0.717) is 18.7 Å². The summed E-state index contributed by atoms with van der Waals surface area (Å²) in [5, 5.41) is 2.83. The second-order valence-electron chi connectivity index (χ2n) is 6.43. The third kappa shape index (κ3) is 6.28. The zero-order valence-electron chi connectivity index (χ0n) is 15.5. The Hall–Kier alpha value is -2.42. The third-order valence-corrected chi connectivity index (χ3v) is 6.29. The van der Waals surface area contributed by atoms with E-state index in [2.05, 4.69) is 26.0 Å². The summed E-state index contributed by atoms with van der Waals surface area (Å²) in [6, 6.07) is 18.6. The van der Waals surface area contributed by atoms with Gasteiger partial charge < -0.3 is 9.73 Å². The molecule has 1 aromatic heterocycles. The Morgan fingerprint density at radius 2 is 1.72 bits per heavy atom. The standard InChI is InChI=1S/C21H21BrN2O4S/c22-17-8-10-18(11-9-17)29(26,27)24-19(20-7-4-14-28-20)15-21(25)23-13-12-16-5-2-1-3-6-16/h1-11,14,19,24H,12-13,15H2,(H,23,25)/t19-/m1/s1. The normalized spacial score (nSPS) is 12.4. The lowest BCUT2D eigenvalue weighted by molar-refractivity contribution is -0.121. The quantitative estimate of drug-likeness (QED) is 0.491. The number of halogens is 1. The van der Waals surface area contributed by atoms with E-state index in [4.69, 9.17) is 4.42 Å². The van der Waals surface area contributed by atoms with Crippen molar-refractivity contribution in [3.63, 3.8) is 0 Å². The first-order chi connectivity index (χ1) is 13.9. The molecule has 8 heteroatoms. The van der Waals surface area contributed by atoms with Crippen LogP contribution in [0.2, 0.25) is 0 Å². The van der Waals surface area contributed by atoms with Gasteiger partial charge in [0, 0.05) is 11.0 Å². The van der Waals surface area contributed by atoms with Gasteiger partial charge in [-0.3, -0.25) is 4.79 Å². The van der Waals surface area contributed by atoms with Gasteiger partial charge in [0.05, 0.1) is 23.6 Å². The number of hydrogen-bond acceptors (Lipinski definition) is 4. The Balaban J connectivity index is 1.64. The second kappa shape index (κ2) is 9.87. The summed E-state index contributed by atoms with van der Waals surface area (Å²) < 4.78 is 34.2. The number of nitrogens with one attached hydrogen (secondary N) is 2. The molecule has 6 nitrogen and oxygen atoms in total. The van der Waals surface area contributed by atoms with Crippen molar-refractivity contribution < 1.29 is 17.6 Å². The predicted molar refractivity (Wildman–Crippen MR) is 114 cm³/mol. The molecule has 1 atom stereocenters. The predicted octanol–water partition coefficient (Wildman–Crippen LogP) is 3.81. The molecule has 29 heavy (non-hydrogen) atoms. The van der Waals surface area contributed by atoms with E-state index in [-0.39, 0.29) is 17.2 Å². The number of carbonyl (C=O) groups excluding carboxylic acids is 1. The zero-order chi connectivity index (χ0) is 20.7. The highest BCUT2D eigenvalue weighted by molar-refractivity contribution is 9.10. The molecule has 152 valence electrons. The Kier molecular flexibility index (Phi) is 7.24. The maximum atomic E-state index is 12.7. The van der Waals surface area contributed by atoms with Crippen molar-refractivity contribution in [2.24, 2.45) is 0 Å². The van der Waals surface area contributed by atoms with Crippen LogP contribution in [0.1, 0.15) is 23.8 Å². The van der Waals surface area contributed by atoms with Crippen LogP contribution in [0.25, 0.3) is 0 Å². The lowest BCUT2D eigenvalue weighted by Crippen LogP contribution is -2.34. The SMILES string of the molecule is O=C(C[C@@H](NS(=O)(=O)c1ccc(Br)cc1)c1ccco1)NCCc1ccccc1. The third-order valence-electron chi connectivity index (χ3n) is 4.28. The topological polar surface area (TPSA) is 88.4 Å². The monoisotopic (exact) mass is 476 g/mol. The van der Waals surface area contributed by atoms with Gasteiger partial charge in [-0.1, -0.05) is 46.3 Å². The van der Waals surface area contributed by atoms with Gasteiger partial charge >= 0.3 is 0 Å². The number of hydrogen-bond donors (Lipinski definition) is 2. The molecule has 0 bridgehead atoms. The summed E-state index contributed by atoms with van der Waals surface area (Å²) in [4.78, 5) is 12.5. The van der Waals surface area contributed by atoms with Gasteiger partial charge in [-0.15, -0.1) is 0 Å². The first-order valence-electron chi connectivity index (χ1n) is 9.06. The van der Waals surface area contributed by atoms with Crippen molar-refractivity contribution in [1.82, 2.24) is 10.0 Å². The number of furan rings is 1. The Morgan fingerprint density at radius 3 is 2.38 bits per heavy atom. The average Bonchev–Trinajstić information content (AvgIpc) is 3.23. The number of rotatable bonds is 9. The molecule has 0 aliphatic rings. The van der Waals surface area contributed by atoms with Crippen molar-refractivity contribution in [2.75, 3.05) is 6.54 Å². The molecular formula is C21H21BrN2O4S. The molecule has 0 saturated heterocycles. The minimum Gasteiger partial charge on any atom is -0.468 e. The lowest BCUT2D eigenvalue weighted by Gasteiger charge is -2.17. The Bertz CT molecular complexity index is 1020. The maximum Gasteiger partial charge on any atom is 0.241 e. The van der Waals surface area contributed by atoms with E-state index in [0.717, 1.165) is 10.0 Å². The van der Waals surface area contributed by atoms with E-state index < -0.39 is 16.1 Å². The molecule has 1 heterocycles. The summed E-state index contributed by atoms with van der Waals surface area (Å²) in [5.74, 6) is 0.115. The molecule has 1 amide bonds. The first-order valence-corrected chi connectivity index (χ1v) is 11.3. The highest BCUT2D eigenvalue weighted by Crippen LogP contribution is 2.22. The number of sulfonamides is 1. The molecule has 3 rings (SSSR count). The van der Waals surface area contributed by atoms with Gasteiger partial charge in [-0.2, -0.15) is 4.72 Å². The highest BCUT2D eigenvalue weighted by Gasteiger charge is 2.25. The number of benzene rings is 2. The van der Waals surface area contributed by atoms with Crippen molar-refractivity contribution in [3.8, 4) is 0 Å². The van der Waals surface area contributed by atoms with Gasteiger partial charge in [0.25, 0.3) is 0 Å². The van der Waals surface area contributed by atoms with Crippen LogP contribution in [0, 0.1) is 0 Å². The van der Waals surface area contributed by atoms with Gasteiger partial charge in [0.1, 0.15) is 5.76 Å². The van der Waals surface area contributed by atoms with Crippen molar-refractivity contribution in [2.45, 2.75) is 23.8 Å². The largest absolute Gasteiger partial charge is 0.468 e. The molecule has 0 unspecified atom stereocenters. The summed E-state index contributed by atoms with van der Waals surface area (Å²) in [6.45, 7) is 0.465. The lowest BCUT2D eigenvalue weighted by atomic mass is 10.1. The number of carbonyl (C=O) groups is 1. The average molecular weight is 477 g/mol. The molecular weight excluding hydrogens is 456 g/mol. The number of amides is 1. The van der Waals surface area contributed by atoms with Crippen molar-refractivity contribution in [3.05, 3.63) is 88.8 Å². The van der Waals surface area contributed by atoms with E-state index in [1.807, 2.05) is 30.3 Å². The summed E-state index contributed by atoms with van der Waals surface area (Å²) in [7, 11) is -3.82. The molecule has 0 spiro atoms. The Labute approximate surface area is 178 Å². The smallest absolute Gasteiger partial charge is 0.241 e. The Morgan fingerprint density at radius 1 is 1.00 bits per heavy atom. The van der Waals surface area contributed by atoms with Crippen LogP contribution < -0.4 is 10.0 Å². The van der Waals surface area contributed by atoms with Crippen molar-refractivity contribution in [1.29, 1.82) is 0 Å². The molecule has 0 saturated carbocycles. The molecule has 0 fully saturated rings. The molecule has 0 aliphatic carbocycles. The van der Waals surface area contributed by atoms with Crippen LogP contribution in [0.3, 0.4) is 0 Å². The van der Waals surface area contributed by atoms with Crippen molar-refractivity contribution >= 4 is 31.9 Å². The minimum atomic E-state index is -3.82. The zero-order valence-corrected chi connectivity index (χ0v) is 17.9. The van der Waals surface area contributed by atoms with E-state index in [1.165, 1.54) is 18.4 Å². The second-order valence-corrected chi connectivity index (χ2v) is 9.06. The van der Waals surface area contributed by atoms with Crippen LogP contribution in [-0.4, -0.2) is 20.9 Å². The molecule has 3 aromatic rings. The first kappa shape index (κ1) is 21.3. The van der Waals surface area contributed by atoms with Crippen LogP contribution in [-0.2, 0) is 21.2 Å². The minimum absolute atomic E-state index is 0.0714. The molecule has 2 aromatic carbocycles. The van der Waals surface area contributed by atoms with Crippen LogP contribution in [0.15, 0.2) is 86.8 Å². The van der Waals surface area contributed by atoms with E-state index in [9.17, 15) is 13.2 Å². The molecule has 2 N–H and O–H groups in total.